The van der Waals surface area contributed by atoms with Gasteiger partial charge >= 0.3 is 0 Å². The highest BCUT2D eigenvalue weighted by atomic mass is 16.5. The zero-order valence-corrected chi connectivity index (χ0v) is 36.9. The highest BCUT2D eigenvalue weighted by Gasteiger charge is 2.40. The number of amidine groups is 1. The quantitative estimate of drug-likeness (QED) is 0.152. The van der Waals surface area contributed by atoms with Crippen LogP contribution in [0.4, 0.5) is 5.69 Å². The van der Waals surface area contributed by atoms with Crippen molar-refractivity contribution >= 4 is 35.2 Å². The van der Waals surface area contributed by atoms with Crippen LogP contribution in [0.25, 0.3) is 11.3 Å². The Morgan fingerprint density at radius 1 is 0.905 bits per heavy atom. The zero-order valence-electron chi connectivity index (χ0n) is 36.9. The molecule has 63 heavy (non-hydrogen) atoms. The lowest BCUT2D eigenvalue weighted by molar-refractivity contribution is -0.136. The van der Waals surface area contributed by atoms with Crippen molar-refractivity contribution in [3.8, 4) is 17.1 Å². The SMILES string of the molecule is Cc1cc2cc(n1)-c1cnn(C)c1OCCC[C@@H](C)CN1C(=NC2=O)Cc2ccc(CN3CCN(CCCCCCc4cccc5c4CN(C4CCC(=O)NC4=O)C5=O)CC3)cc21. The minimum atomic E-state index is -0.583. The Labute approximate surface area is 369 Å². The van der Waals surface area contributed by atoms with Crippen LogP contribution >= 0.6 is 0 Å². The van der Waals surface area contributed by atoms with Crippen LogP contribution in [0, 0.1) is 12.8 Å². The molecule has 1 unspecified atom stereocenters. The second kappa shape index (κ2) is 18.5. The lowest BCUT2D eigenvalue weighted by atomic mass is 9.98. The fraction of sp³-hybridized carbons (Fsp3) is 0.490. The Morgan fingerprint density at radius 3 is 2.57 bits per heavy atom. The molecule has 0 saturated carbocycles. The maximum absolute atomic E-state index is 13.9. The number of aromatic nitrogens is 3. The van der Waals surface area contributed by atoms with E-state index in [9.17, 15) is 19.2 Å². The van der Waals surface area contributed by atoms with Crippen molar-refractivity contribution < 1.29 is 23.9 Å². The number of aliphatic imine (C=N–C) groups is 1. The van der Waals surface area contributed by atoms with Crippen LogP contribution in [-0.2, 0) is 42.6 Å². The summed E-state index contributed by atoms with van der Waals surface area (Å²) in [5.41, 5.74) is 9.25. The van der Waals surface area contributed by atoms with Crippen LogP contribution < -0.4 is 15.0 Å². The third kappa shape index (κ3) is 9.33. The number of carbonyl (C=O) groups excluding carboxylic acids is 4. The van der Waals surface area contributed by atoms with Crippen LogP contribution in [0.3, 0.4) is 0 Å². The first kappa shape index (κ1) is 42.6. The molecule has 2 saturated heterocycles. The molecule has 7 heterocycles. The minimum Gasteiger partial charge on any atom is -0.477 e. The summed E-state index contributed by atoms with van der Waals surface area (Å²) in [4.78, 5) is 69.9. The van der Waals surface area contributed by atoms with Crippen molar-refractivity contribution in [2.75, 3.05) is 50.8 Å². The van der Waals surface area contributed by atoms with Gasteiger partial charge in [0.05, 0.1) is 24.1 Å². The molecule has 2 bridgehead atoms. The van der Waals surface area contributed by atoms with Crippen LogP contribution in [0.15, 0.2) is 59.7 Å². The van der Waals surface area contributed by atoms with E-state index >= 15 is 0 Å². The number of unbranched alkanes of at least 4 members (excludes halogenated alkanes) is 3. The summed E-state index contributed by atoms with van der Waals surface area (Å²) in [6, 6.07) is 15.8. The summed E-state index contributed by atoms with van der Waals surface area (Å²) in [5, 5.41) is 6.82. The number of piperidine rings is 1. The van der Waals surface area contributed by atoms with Crippen molar-refractivity contribution in [1.29, 1.82) is 0 Å². The topological polar surface area (TPSA) is 146 Å². The van der Waals surface area contributed by atoms with Crippen molar-refractivity contribution in [2.45, 2.75) is 97.2 Å². The fourth-order valence-electron chi connectivity index (χ4n) is 10.0. The molecule has 9 rings (SSSR count). The molecule has 0 spiro atoms. The normalized spacial score (nSPS) is 20.9. The van der Waals surface area contributed by atoms with Crippen molar-refractivity contribution in [3.05, 3.63) is 93.8 Å². The number of hydrogen-bond acceptors (Lipinski definition) is 10. The van der Waals surface area contributed by atoms with E-state index in [1.807, 2.05) is 38.2 Å². The van der Waals surface area contributed by atoms with Gasteiger partial charge in [-0.05, 0) is 104 Å². The van der Waals surface area contributed by atoms with E-state index in [1.54, 1.807) is 15.8 Å². The van der Waals surface area contributed by atoms with Crippen molar-refractivity contribution in [2.24, 2.45) is 18.0 Å². The van der Waals surface area contributed by atoms with Gasteiger partial charge in [0, 0.05) is 88.2 Å². The van der Waals surface area contributed by atoms with Gasteiger partial charge in [0.2, 0.25) is 17.7 Å². The van der Waals surface area contributed by atoms with Gasteiger partial charge in [-0.2, -0.15) is 10.1 Å². The Balaban J connectivity index is 0.760. The van der Waals surface area contributed by atoms with Gasteiger partial charge in [0.15, 0.2) is 0 Å². The highest BCUT2D eigenvalue weighted by Crippen LogP contribution is 2.35. The lowest BCUT2D eigenvalue weighted by Gasteiger charge is -2.35. The van der Waals surface area contributed by atoms with Crippen LogP contribution in [-0.4, -0.2) is 111 Å². The van der Waals surface area contributed by atoms with Gasteiger partial charge in [-0.25, -0.2) is 4.68 Å². The molecule has 1 N–H and O–H groups in total. The molecule has 14 nitrogen and oxygen atoms in total. The summed E-state index contributed by atoms with van der Waals surface area (Å²) < 4.78 is 7.99. The second-order valence-corrected chi connectivity index (χ2v) is 18.2. The summed E-state index contributed by atoms with van der Waals surface area (Å²) in [7, 11) is 1.86. The third-order valence-electron chi connectivity index (χ3n) is 13.5. The number of nitrogens with one attached hydrogen (secondary N) is 1. The number of imide groups is 1. The number of benzene rings is 2. The number of amides is 4. The molecule has 5 aliphatic rings. The number of pyridine rings is 1. The number of piperazine rings is 1. The first-order valence-corrected chi connectivity index (χ1v) is 22.9. The summed E-state index contributed by atoms with van der Waals surface area (Å²) in [5.74, 6) is 0.804. The van der Waals surface area contributed by atoms with E-state index < -0.39 is 6.04 Å². The molecule has 0 aliphatic carbocycles. The van der Waals surface area contributed by atoms with Crippen LogP contribution in [0.1, 0.15) is 107 Å². The zero-order chi connectivity index (χ0) is 43.6. The monoisotopic (exact) mass is 853 g/mol. The molecule has 0 radical (unpaired) electrons. The van der Waals surface area contributed by atoms with Crippen LogP contribution in [0.2, 0.25) is 0 Å². The molecule has 330 valence electrons. The van der Waals surface area contributed by atoms with E-state index in [0.29, 0.717) is 54.6 Å². The average molecular weight is 854 g/mol. The largest absolute Gasteiger partial charge is 0.477 e. The standard InChI is InChI=1S/C49H59N9O5/c1-32-10-9-23-63-49-39(28-50-54(49)3)41-26-37(24-33(2)51-41)46(60)52-44-27-36-15-14-34(25-43(36)57(44)29-32)30-56-21-19-55(20-22-56)18-7-5-4-6-11-35-12-8-13-38-40(35)31-58(48(38)62)42-16-17-45(59)53-47(42)61/h8,12-15,24-26,28,32,42H,4-7,9-11,16-23,27,29-31H2,1-3H3,(H,53,59,61)/t32-,42?/m1/s1. The van der Waals surface area contributed by atoms with Gasteiger partial charge in [-0.15, -0.1) is 0 Å². The van der Waals surface area contributed by atoms with Gasteiger partial charge in [0.1, 0.15) is 11.9 Å². The molecule has 14 heteroatoms. The number of aryl methyl sites for hydroxylation is 3. The van der Waals surface area contributed by atoms with Gasteiger partial charge in [0.25, 0.3) is 11.8 Å². The highest BCUT2D eigenvalue weighted by molar-refractivity contribution is 6.12. The predicted octanol–water partition coefficient (Wildman–Crippen LogP) is 5.88. The summed E-state index contributed by atoms with van der Waals surface area (Å²) in [6.07, 6.45) is 10.3. The molecule has 2 aromatic carbocycles. The van der Waals surface area contributed by atoms with Gasteiger partial charge in [-0.3, -0.25) is 34.4 Å². The van der Waals surface area contributed by atoms with Gasteiger partial charge in [-0.1, -0.05) is 44.0 Å². The molecule has 4 aromatic rings. The molecule has 2 aromatic heterocycles. The molecule has 2 fully saturated rings. The Kier molecular flexibility index (Phi) is 12.5. The van der Waals surface area contributed by atoms with E-state index in [-0.39, 0.29) is 30.0 Å². The first-order valence-electron chi connectivity index (χ1n) is 22.9. The Morgan fingerprint density at radius 2 is 1.73 bits per heavy atom. The molecular weight excluding hydrogens is 795 g/mol. The first-order chi connectivity index (χ1) is 30.6. The lowest BCUT2D eigenvalue weighted by Crippen LogP contribution is -2.52. The fourth-order valence-corrected chi connectivity index (χ4v) is 10.0. The van der Waals surface area contributed by atoms with Gasteiger partial charge < -0.3 is 19.4 Å². The Hall–Kier alpha value is -5.73. The van der Waals surface area contributed by atoms with E-state index in [1.165, 1.54) is 29.5 Å². The molecular formula is C49H59N9O5. The number of carbonyl (C=O) groups is 4. The maximum Gasteiger partial charge on any atom is 0.278 e. The minimum absolute atomic E-state index is 0.108. The summed E-state index contributed by atoms with van der Waals surface area (Å²) in [6.45, 7) is 12.1. The number of hydrogen-bond donors (Lipinski definition) is 1. The second-order valence-electron chi connectivity index (χ2n) is 18.2. The number of nitrogens with zero attached hydrogens (tertiary/aromatic N) is 8. The van der Waals surface area contributed by atoms with Crippen LogP contribution in [0.5, 0.6) is 5.88 Å². The van der Waals surface area contributed by atoms with Crippen molar-refractivity contribution in [3.63, 3.8) is 0 Å². The average Bonchev–Trinajstić information content (AvgIpc) is 3.92. The molecule has 5 aliphatic heterocycles. The number of ether oxygens (including phenoxy) is 1. The molecule has 4 amide bonds. The maximum atomic E-state index is 13.9. The predicted molar refractivity (Wildman–Crippen MR) is 241 cm³/mol. The molecule has 2 atom stereocenters. The van der Waals surface area contributed by atoms with E-state index in [4.69, 9.17) is 14.7 Å². The van der Waals surface area contributed by atoms with E-state index in [2.05, 4.69) is 56.3 Å². The van der Waals surface area contributed by atoms with Crippen molar-refractivity contribution in [1.82, 2.24) is 34.8 Å². The number of rotatable bonds is 10. The van der Waals surface area contributed by atoms with E-state index in [0.717, 1.165) is 106 Å². The summed E-state index contributed by atoms with van der Waals surface area (Å²) >= 11 is 0. The number of fused-ring (bicyclic) bond motifs is 8. The third-order valence-corrected chi connectivity index (χ3v) is 13.5. The number of anilines is 1. The smallest absolute Gasteiger partial charge is 0.278 e. The Bertz CT molecular complexity index is 2430.